The Bertz CT molecular complexity index is 1130. The average molecular weight is 499 g/mol. The summed E-state index contributed by atoms with van der Waals surface area (Å²) < 4.78 is 7.51. The molecule has 3 fully saturated rings. The number of hydrogen-bond donors (Lipinski definition) is 4. The standard InChI is InChI=1S/C27H34N2O6.CH3/c1-15-9-10-27(34)20-13-17-5-6-18(28-19(25(32)33)7-8-21(30)31)23-22(17)26(27,24(15)35-23)11-12-29(20,2)14-16-3-4-16;/h5-6,16,19-20,24,28,34H,1,3-4,7-14H2,2H3,(H-,30,31,32,33);1H3/q;-1/p+1/t19-,20+,24-,26-,27+,29?;/m0./s1. The minimum Gasteiger partial charge on any atom is -0.483 e. The van der Waals surface area contributed by atoms with Gasteiger partial charge < -0.3 is 37.3 Å². The second-order valence-corrected chi connectivity index (χ2v) is 11.8. The van der Waals surface area contributed by atoms with Gasteiger partial charge in [0.15, 0.2) is 0 Å². The lowest BCUT2D eigenvalue weighted by Gasteiger charge is -2.65. The summed E-state index contributed by atoms with van der Waals surface area (Å²) in [4.78, 5) is 22.9. The molecule has 6 atom stereocenters. The number of rotatable bonds is 8. The highest BCUT2D eigenvalue weighted by atomic mass is 16.5. The van der Waals surface area contributed by atoms with Gasteiger partial charge in [0.05, 0.1) is 31.2 Å². The SMILES string of the molecule is C=C1CC[C@@]2(O)[C@H]3Cc4ccc(N[C@@H](CCC(=O)O)C(=O)O)c5c4[C@@]2(CC[N+]3(C)CC2CC2)[C@H]1O5.[CH3-]. The molecule has 196 valence electrons. The predicted octanol–water partition coefficient (Wildman–Crippen LogP) is 3.13. The molecule has 0 aromatic heterocycles. The van der Waals surface area contributed by atoms with E-state index in [2.05, 4.69) is 25.0 Å². The molecular formula is C28H38N2O6. The molecule has 5 aliphatic rings. The topological polar surface area (TPSA) is 116 Å². The number of aliphatic carboxylic acids is 2. The van der Waals surface area contributed by atoms with E-state index in [1.165, 1.54) is 18.4 Å². The third-order valence-electron chi connectivity index (χ3n) is 9.72. The number of likely N-dealkylation sites (N-methyl/N-ethyl adjacent to an activating group) is 1. The molecule has 1 saturated heterocycles. The first kappa shape index (κ1) is 25.1. The number of nitrogens with one attached hydrogen (secondary N) is 1. The summed E-state index contributed by atoms with van der Waals surface area (Å²) in [6.45, 7) is 6.43. The fourth-order valence-corrected chi connectivity index (χ4v) is 7.91. The van der Waals surface area contributed by atoms with Crippen LogP contribution in [0.25, 0.3) is 0 Å². The van der Waals surface area contributed by atoms with Crippen LogP contribution in [0.1, 0.15) is 56.1 Å². The Hall–Kier alpha value is -2.58. The zero-order valence-corrected chi connectivity index (χ0v) is 21.3. The second-order valence-electron chi connectivity index (χ2n) is 11.8. The zero-order chi connectivity index (χ0) is 24.8. The summed E-state index contributed by atoms with van der Waals surface area (Å²) in [7, 11) is 2.32. The smallest absolute Gasteiger partial charge is 0.326 e. The monoisotopic (exact) mass is 498 g/mol. The molecule has 1 aromatic carbocycles. The second kappa shape index (κ2) is 8.21. The molecule has 4 N–H and O–H groups in total. The van der Waals surface area contributed by atoms with E-state index in [1.807, 2.05) is 6.07 Å². The number of piperidine rings is 1. The minimum atomic E-state index is -1.10. The maximum absolute atomic E-state index is 12.6. The van der Waals surface area contributed by atoms with Gasteiger partial charge in [0.25, 0.3) is 0 Å². The predicted molar refractivity (Wildman–Crippen MR) is 135 cm³/mol. The number of carboxylic acid groups (broad SMARTS) is 2. The minimum absolute atomic E-state index is 0. The molecule has 0 radical (unpaired) electrons. The van der Waals surface area contributed by atoms with E-state index in [9.17, 15) is 19.8 Å². The Morgan fingerprint density at radius 2 is 2.03 bits per heavy atom. The van der Waals surface area contributed by atoms with E-state index < -0.39 is 29.0 Å². The first-order chi connectivity index (χ1) is 16.6. The summed E-state index contributed by atoms with van der Waals surface area (Å²) in [5.74, 6) is -0.755. The van der Waals surface area contributed by atoms with Crippen LogP contribution in [0, 0.1) is 13.3 Å². The molecular weight excluding hydrogens is 460 g/mol. The number of anilines is 1. The van der Waals surface area contributed by atoms with Crippen LogP contribution in [-0.4, -0.2) is 75.7 Å². The third-order valence-corrected chi connectivity index (χ3v) is 9.72. The molecule has 1 spiro atoms. The van der Waals surface area contributed by atoms with Crippen molar-refractivity contribution in [1.29, 1.82) is 0 Å². The van der Waals surface area contributed by atoms with Crippen LogP contribution in [0.5, 0.6) is 5.75 Å². The van der Waals surface area contributed by atoms with Gasteiger partial charge in [0.1, 0.15) is 29.5 Å². The van der Waals surface area contributed by atoms with E-state index in [1.54, 1.807) is 0 Å². The van der Waals surface area contributed by atoms with Crippen molar-refractivity contribution in [2.75, 3.05) is 25.5 Å². The molecule has 6 rings (SSSR count). The van der Waals surface area contributed by atoms with Crippen molar-refractivity contribution in [3.05, 3.63) is 42.8 Å². The van der Waals surface area contributed by atoms with Crippen molar-refractivity contribution in [2.45, 2.75) is 80.6 Å². The number of ether oxygens (including phenoxy) is 1. The molecule has 2 heterocycles. The fourth-order valence-electron chi connectivity index (χ4n) is 7.91. The molecule has 2 aliphatic heterocycles. The number of quaternary nitrogens is 1. The quantitative estimate of drug-likeness (QED) is 0.247. The Balaban J connectivity index is 0.00000267. The highest BCUT2D eigenvalue weighted by Gasteiger charge is 2.75. The number of carbonyl (C=O) groups is 2. The molecule has 2 bridgehead atoms. The highest BCUT2D eigenvalue weighted by molar-refractivity contribution is 5.81. The van der Waals surface area contributed by atoms with E-state index in [0.29, 0.717) is 24.3 Å². The van der Waals surface area contributed by atoms with Crippen LogP contribution in [0.15, 0.2) is 24.3 Å². The molecule has 2 saturated carbocycles. The van der Waals surface area contributed by atoms with Crippen molar-refractivity contribution >= 4 is 17.6 Å². The van der Waals surface area contributed by atoms with Crippen LogP contribution in [0.3, 0.4) is 0 Å². The molecule has 8 heteroatoms. The van der Waals surface area contributed by atoms with Gasteiger partial charge in [0.2, 0.25) is 0 Å². The lowest BCUT2D eigenvalue weighted by molar-refractivity contribution is -0.950. The fraction of sp³-hybridized carbons (Fsp3) is 0.607. The third kappa shape index (κ3) is 3.33. The maximum atomic E-state index is 12.6. The van der Waals surface area contributed by atoms with Crippen LogP contribution in [-0.2, 0) is 21.4 Å². The first-order valence-electron chi connectivity index (χ1n) is 12.9. The molecule has 1 aromatic rings. The summed E-state index contributed by atoms with van der Waals surface area (Å²) in [5.41, 5.74) is 2.26. The summed E-state index contributed by atoms with van der Waals surface area (Å²) >= 11 is 0. The largest absolute Gasteiger partial charge is 0.483 e. The van der Waals surface area contributed by atoms with Gasteiger partial charge in [0, 0.05) is 30.7 Å². The van der Waals surface area contributed by atoms with Gasteiger partial charge in [-0.25, -0.2) is 4.79 Å². The van der Waals surface area contributed by atoms with Crippen molar-refractivity contribution in [2.24, 2.45) is 5.92 Å². The number of aliphatic hydroxyl groups is 1. The van der Waals surface area contributed by atoms with Crippen LogP contribution in [0.4, 0.5) is 5.69 Å². The van der Waals surface area contributed by atoms with Gasteiger partial charge in [-0.1, -0.05) is 12.6 Å². The van der Waals surface area contributed by atoms with Crippen LogP contribution < -0.4 is 10.1 Å². The molecule has 3 aliphatic carbocycles. The Labute approximate surface area is 212 Å². The zero-order valence-electron chi connectivity index (χ0n) is 21.3. The highest BCUT2D eigenvalue weighted by Crippen LogP contribution is 2.67. The van der Waals surface area contributed by atoms with Crippen LogP contribution in [0.2, 0.25) is 0 Å². The summed E-state index contributed by atoms with van der Waals surface area (Å²) in [6, 6.07) is 2.97. The number of likely N-dealkylation sites (tertiary alicyclic amines) is 1. The van der Waals surface area contributed by atoms with Gasteiger partial charge in [-0.15, -0.1) is 0 Å². The maximum Gasteiger partial charge on any atom is 0.326 e. The number of carboxylic acids is 2. The lowest BCUT2D eigenvalue weighted by Crippen LogP contribution is -2.80. The van der Waals surface area contributed by atoms with Gasteiger partial charge in [-0.2, -0.15) is 0 Å². The molecule has 36 heavy (non-hydrogen) atoms. The van der Waals surface area contributed by atoms with Crippen molar-refractivity contribution in [3.63, 3.8) is 0 Å². The van der Waals surface area contributed by atoms with E-state index in [-0.39, 0.29) is 32.4 Å². The van der Waals surface area contributed by atoms with Crippen LogP contribution >= 0.6 is 0 Å². The Morgan fingerprint density at radius 3 is 2.69 bits per heavy atom. The van der Waals surface area contributed by atoms with Gasteiger partial charge >= 0.3 is 11.9 Å². The van der Waals surface area contributed by atoms with E-state index in [0.717, 1.165) is 47.5 Å². The Kier molecular flexibility index (Phi) is 5.72. The van der Waals surface area contributed by atoms with E-state index in [4.69, 9.17) is 9.84 Å². The lowest BCUT2D eigenvalue weighted by atomic mass is 9.48. The van der Waals surface area contributed by atoms with Crippen molar-refractivity contribution in [1.82, 2.24) is 0 Å². The number of nitrogens with zero attached hydrogens (tertiary/aromatic N) is 1. The van der Waals surface area contributed by atoms with Crippen molar-refractivity contribution < 1.29 is 34.1 Å². The van der Waals surface area contributed by atoms with Gasteiger partial charge in [-0.05, 0) is 49.3 Å². The van der Waals surface area contributed by atoms with Crippen molar-refractivity contribution in [3.8, 4) is 5.75 Å². The number of hydrogen-bond acceptors (Lipinski definition) is 5. The first-order valence-corrected chi connectivity index (χ1v) is 12.9. The molecule has 0 amide bonds. The average Bonchev–Trinajstić information content (AvgIpc) is 3.52. The number of benzene rings is 1. The normalized spacial score (nSPS) is 36.2. The molecule has 8 nitrogen and oxygen atoms in total. The Morgan fingerprint density at radius 1 is 1.28 bits per heavy atom. The van der Waals surface area contributed by atoms with E-state index >= 15 is 0 Å². The molecule has 1 unspecified atom stereocenters. The summed E-state index contributed by atoms with van der Waals surface area (Å²) in [6.07, 6.45) is 4.92. The summed E-state index contributed by atoms with van der Waals surface area (Å²) in [5, 5.41) is 34.4. The van der Waals surface area contributed by atoms with Gasteiger partial charge in [-0.3, -0.25) is 4.79 Å².